The van der Waals surface area contributed by atoms with E-state index in [0.717, 1.165) is 41.4 Å². The van der Waals surface area contributed by atoms with Gasteiger partial charge >= 0.3 is 5.97 Å². The van der Waals surface area contributed by atoms with Crippen molar-refractivity contribution in [3.63, 3.8) is 0 Å². The number of nitrogens with one attached hydrogen (secondary N) is 1. The number of methoxy groups -OCH3 is 1. The summed E-state index contributed by atoms with van der Waals surface area (Å²) < 4.78 is 17.7. The van der Waals surface area contributed by atoms with Crippen LogP contribution in [0, 0.1) is 0 Å². The number of halogens is 1. The lowest BCUT2D eigenvalue weighted by molar-refractivity contribution is -0.142. The van der Waals surface area contributed by atoms with Crippen LogP contribution in [0.3, 0.4) is 0 Å². The number of hydrogen-bond acceptors (Lipinski definition) is 6. The van der Waals surface area contributed by atoms with Gasteiger partial charge in [0.05, 0.1) is 24.7 Å². The lowest BCUT2D eigenvalue weighted by Gasteiger charge is -2.34. The number of benzene rings is 1. The van der Waals surface area contributed by atoms with Gasteiger partial charge in [0.2, 0.25) is 0 Å². The number of carbonyl (C=O) groups is 2. The van der Waals surface area contributed by atoms with Crippen molar-refractivity contribution >= 4 is 27.7 Å². The van der Waals surface area contributed by atoms with E-state index in [0.29, 0.717) is 35.6 Å². The first kappa shape index (κ1) is 21.1. The Balaban J connectivity index is 1.76. The van der Waals surface area contributed by atoms with Crippen LogP contribution in [0.5, 0.6) is 5.75 Å². The van der Waals surface area contributed by atoms with Gasteiger partial charge in [0.15, 0.2) is 5.78 Å². The minimum absolute atomic E-state index is 0.0589. The molecule has 6 nitrogen and oxygen atoms in total. The van der Waals surface area contributed by atoms with Crippen molar-refractivity contribution in [1.29, 1.82) is 0 Å². The van der Waals surface area contributed by atoms with Crippen molar-refractivity contribution in [3.05, 3.63) is 50.8 Å². The van der Waals surface area contributed by atoms with Gasteiger partial charge in [0.25, 0.3) is 0 Å². The number of carbonyl (C=O) groups excluding carboxylic acids is 2. The molecule has 0 radical (unpaired) electrons. The maximum absolute atomic E-state index is 13.3. The van der Waals surface area contributed by atoms with Crippen LogP contribution in [-0.2, 0) is 19.1 Å². The third-order valence-corrected chi connectivity index (χ3v) is 6.42. The van der Waals surface area contributed by atoms with Gasteiger partial charge in [-0.05, 0) is 50.8 Å². The molecule has 30 heavy (non-hydrogen) atoms. The molecule has 1 aromatic rings. The molecule has 0 saturated carbocycles. The average molecular weight is 476 g/mol. The van der Waals surface area contributed by atoms with E-state index in [9.17, 15) is 9.59 Å². The lowest BCUT2D eigenvalue weighted by atomic mass is 9.75. The SMILES string of the molecule is COc1ccc(Br)cc1[C@@H]1C(C(=O)OC[C@@H]2CCCO2)=C(C)NC2=C1C(=O)CCC2. The molecule has 2 heterocycles. The van der Waals surface area contributed by atoms with Crippen molar-refractivity contribution in [1.82, 2.24) is 5.32 Å². The zero-order valence-corrected chi connectivity index (χ0v) is 18.8. The highest BCUT2D eigenvalue weighted by atomic mass is 79.9. The average Bonchev–Trinajstić information content (AvgIpc) is 3.25. The molecule has 1 saturated heterocycles. The number of rotatable bonds is 5. The first-order chi connectivity index (χ1) is 14.5. The molecule has 2 atom stereocenters. The van der Waals surface area contributed by atoms with E-state index in [1.807, 2.05) is 25.1 Å². The molecule has 7 heteroatoms. The van der Waals surface area contributed by atoms with Crippen molar-refractivity contribution < 1.29 is 23.8 Å². The van der Waals surface area contributed by atoms with Gasteiger partial charge in [0.1, 0.15) is 12.4 Å². The van der Waals surface area contributed by atoms with Crippen molar-refractivity contribution in [3.8, 4) is 5.75 Å². The predicted octanol–water partition coefficient (Wildman–Crippen LogP) is 4.15. The van der Waals surface area contributed by atoms with E-state index in [1.54, 1.807) is 7.11 Å². The standard InChI is InChI=1S/C23H26BrNO5/c1-13-20(23(27)30-12-15-5-4-10-29-15)21(16-11-14(24)8-9-19(16)28-2)22-17(25-13)6-3-7-18(22)26/h8-9,11,15,21,25H,3-7,10,12H2,1-2H3/t15-,21+/m0/s1. The van der Waals surface area contributed by atoms with Crippen LogP contribution in [0.25, 0.3) is 0 Å². The molecule has 0 amide bonds. The van der Waals surface area contributed by atoms with Gasteiger partial charge in [-0.2, -0.15) is 0 Å². The summed E-state index contributed by atoms with van der Waals surface area (Å²) in [7, 11) is 1.60. The second-order valence-electron chi connectivity index (χ2n) is 7.89. The van der Waals surface area contributed by atoms with Crippen molar-refractivity contribution in [2.45, 2.75) is 51.0 Å². The first-order valence-electron chi connectivity index (χ1n) is 10.4. The maximum atomic E-state index is 13.3. The Hall–Kier alpha value is -2.12. The Morgan fingerprint density at radius 1 is 1.30 bits per heavy atom. The number of ketones is 1. The van der Waals surface area contributed by atoms with E-state index in [4.69, 9.17) is 14.2 Å². The Labute approximate surface area is 184 Å². The van der Waals surface area contributed by atoms with E-state index in [2.05, 4.69) is 21.2 Å². The van der Waals surface area contributed by atoms with Crippen molar-refractivity contribution in [2.24, 2.45) is 0 Å². The van der Waals surface area contributed by atoms with E-state index in [1.165, 1.54) is 0 Å². The molecule has 1 aromatic carbocycles. The smallest absolute Gasteiger partial charge is 0.336 e. The number of hydrogen-bond donors (Lipinski definition) is 1. The van der Waals surface area contributed by atoms with E-state index >= 15 is 0 Å². The Morgan fingerprint density at radius 2 is 2.13 bits per heavy atom. The molecule has 1 N–H and O–H groups in total. The molecule has 0 bridgehead atoms. The van der Waals surface area contributed by atoms with E-state index in [-0.39, 0.29) is 18.5 Å². The summed E-state index contributed by atoms with van der Waals surface area (Å²) in [4.78, 5) is 26.2. The lowest BCUT2D eigenvalue weighted by Crippen LogP contribution is -2.35. The van der Waals surface area contributed by atoms with Crippen LogP contribution in [0.15, 0.2) is 45.2 Å². The molecule has 2 aliphatic heterocycles. The third kappa shape index (κ3) is 4.05. The molecule has 0 spiro atoms. The molecule has 0 aromatic heterocycles. The zero-order valence-electron chi connectivity index (χ0n) is 17.3. The number of dihydropyridines is 1. The van der Waals surface area contributed by atoms with Gasteiger partial charge < -0.3 is 19.5 Å². The summed E-state index contributed by atoms with van der Waals surface area (Å²) in [6.07, 6.45) is 3.87. The molecule has 1 aliphatic carbocycles. The highest BCUT2D eigenvalue weighted by Gasteiger charge is 2.40. The van der Waals surface area contributed by atoms with Crippen LogP contribution in [0.1, 0.15) is 50.5 Å². The highest BCUT2D eigenvalue weighted by Crippen LogP contribution is 2.45. The summed E-state index contributed by atoms with van der Waals surface area (Å²) in [6.45, 7) is 2.79. The number of esters is 1. The molecule has 1 fully saturated rings. The quantitative estimate of drug-likeness (QED) is 0.644. The van der Waals surface area contributed by atoms with Crippen LogP contribution >= 0.6 is 15.9 Å². The topological polar surface area (TPSA) is 73.9 Å². The second kappa shape index (κ2) is 8.94. The monoisotopic (exact) mass is 475 g/mol. The zero-order chi connectivity index (χ0) is 21.3. The number of ether oxygens (including phenoxy) is 3. The minimum atomic E-state index is -0.529. The Kier molecular flexibility index (Phi) is 6.29. The van der Waals surface area contributed by atoms with E-state index < -0.39 is 11.9 Å². The predicted molar refractivity (Wildman–Crippen MR) is 115 cm³/mol. The Morgan fingerprint density at radius 3 is 2.87 bits per heavy atom. The maximum Gasteiger partial charge on any atom is 0.336 e. The van der Waals surface area contributed by atoms with Crippen LogP contribution in [-0.4, -0.2) is 38.2 Å². The van der Waals surface area contributed by atoms with Gasteiger partial charge in [0, 0.05) is 40.0 Å². The van der Waals surface area contributed by atoms with Gasteiger partial charge in [-0.3, -0.25) is 4.79 Å². The third-order valence-electron chi connectivity index (χ3n) is 5.92. The second-order valence-corrected chi connectivity index (χ2v) is 8.80. The molecular formula is C23H26BrNO5. The fourth-order valence-corrected chi connectivity index (χ4v) is 4.90. The fourth-order valence-electron chi connectivity index (χ4n) is 4.52. The summed E-state index contributed by atoms with van der Waals surface area (Å²) >= 11 is 3.52. The molecule has 3 aliphatic rings. The van der Waals surface area contributed by atoms with Gasteiger partial charge in [-0.25, -0.2) is 4.79 Å². The largest absolute Gasteiger partial charge is 0.496 e. The van der Waals surface area contributed by atoms with Crippen LogP contribution in [0.2, 0.25) is 0 Å². The molecule has 0 unspecified atom stereocenters. The minimum Gasteiger partial charge on any atom is -0.496 e. The van der Waals surface area contributed by atoms with Crippen LogP contribution in [0.4, 0.5) is 0 Å². The summed E-state index contributed by atoms with van der Waals surface area (Å²) in [6, 6.07) is 5.65. The summed E-state index contributed by atoms with van der Waals surface area (Å²) in [5.74, 6) is -0.258. The summed E-state index contributed by atoms with van der Waals surface area (Å²) in [5, 5.41) is 3.31. The van der Waals surface area contributed by atoms with Crippen molar-refractivity contribution in [2.75, 3.05) is 20.3 Å². The normalized spacial score (nSPS) is 23.9. The molecule has 4 rings (SSSR count). The highest BCUT2D eigenvalue weighted by molar-refractivity contribution is 9.10. The molecular weight excluding hydrogens is 450 g/mol. The Bertz CT molecular complexity index is 930. The van der Waals surface area contributed by atoms with Gasteiger partial charge in [-0.1, -0.05) is 15.9 Å². The van der Waals surface area contributed by atoms with Crippen LogP contribution < -0.4 is 10.1 Å². The molecule has 160 valence electrons. The fraction of sp³-hybridized carbons (Fsp3) is 0.478. The van der Waals surface area contributed by atoms with Gasteiger partial charge in [-0.15, -0.1) is 0 Å². The number of Topliss-reactive ketones (excluding diaryl/α,β-unsaturated/α-hetero) is 1. The number of allylic oxidation sites excluding steroid dienone is 3. The summed E-state index contributed by atoms with van der Waals surface area (Å²) in [5.41, 5.74) is 3.49. The first-order valence-corrected chi connectivity index (χ1v) is 11.1.